The molecule has 0 unspecified atom stereocenters. The van der Waals surface area contributed by atoms with Gasteiger partial charge in [0.05, 0.1) is 5.69 Å². The molecule has 0 fully saturated rings. The van der Waals surface area contributed by atoms with E-state index in [1.165, 1.54) is 6.07 Å². The van der Waals surface area contributed by atoms with E-state index >= 15 is 0 Å². The topological polar surface area (TPSA) is 53.9 Å². The van der Waals surface area contributed by atoms with E-state index in [0.717, 1.165) is 17.6 Å². The third kappa shape index (κ3) is 4.01. The molecule has 1 heterocycles. The molecular formula is C13H14BrClFN5. The van der Waals surface area contributed by atoms with Gasteiger partial charge in [-0.15, -0.1) is 0 Å². The highest BCUT2D eigenvalue weighted by Crippen LogP contribution is 2.23. The summed E-state index contributed by atoms with van der Waals surface area (Å²) in [5.74, 6) is 0.255. The van der Waals surface area contributed by atoms with Crippen LogP contribution in [-0.2, 0) is 0 Å². The van der Waals surface area contributed by atoms with E-state index in [1.54, 1.807) is 12.1 Å². The van der Waals surface area contributed by atoms with Gasteiger partial charge in [0, 0.05) is 17.6 Å². The van der Waals surface area contributed by atoms with Gasteiger partial charge in [-0.25, -0.2) is 4.39 Å². The van der Waals surface area contributed by atoms with Crippen molar-refractivity contribution in [2.45, 2.75) is 13.8 Å². The number of aromatic nitrogens is 3. The Morgan fingerprint density at radius 2 is 1.95 bits per heavy atom. The number of anilines is 3. The van der Waals surface area contributed by atoms with Crippen LogP contribution in [0, 0.1) is 5.82 Å². The summed E-state index contributed by atoms with van der Waals surface area (Å²) in [4.78, 5) is 14.3. The van der Waals surface area contributed by atoms with Crippen molar-refractivity contribution >= 4 is 45.1 Å². The standard InChI is InChI=1S/C13H14BrClFN5/c1-3-21(4-2)13-19-11(15)18-12(20-13)17-10-7-8(14)5-6-9(10)16/h5-7H,3-4H2,1-2H3,(H,17,18,19,20). The molecular weight excluding hydrogens is 361 g/mol. The normalized spacial score (nSPS) is 10.5. The smallest absolute Gasteiger partial charge is 0.233 e. The zero-order valence-corrected chi connectivity index (χ0v) is 13.9. The Morgan fingerprint density at radius 3 is 2.62 bits per heavy atom. The van der Waals surface area contributed by atoms with E-state index in [-0.39, 0.29) is 16.9 Å². The summed E-state index contributed by atoms with van der Waals surface area (Å²) in [6.45, 7) is 5.45. The van der Waals surface area contributed by atoms with Crippen molar-refractivity contribution in [3.63, 3.8) is 0 Å². The first-order chi connectivity index (χ1) is 10.0. The Morgan fingerprint density at radius 1 is 1.24 bits per heavy atom. The first kappa shape index (κ1) is 15.9. The van der Waals surface area contributed by atoms with Crippen molar-refractivity contribution in [1.82, 2.24) is 15.0 Å². The maximum Gasteiger partial charge on any atom is 0.233 e. The summed E-state index contributed by atoms with van der Waals surface area (Å²) in [6, 6.07) is 4.56. The predicted molar refractivity (Wildman–Crippen MR) is 85.8 cm³/mol. The van der Waals surface area contributed by atoms with Gasteiger partial charge >= 0.3 is 0 Å². The van der Waals surface area contributed by atoms with Crippen LogP contribution in [-0.4, -0.2) is 28.0 Å². The third-order valence-electron chi connectivity index (χ3n) is 2.82. The van der Waals surface area contributed by atoms with Crippen molar-refractivity contribution < 1.29 is 4.39 Å². The minimum atomic E-state index is -0.404. The molecule has 2 aromatic rings. The lowest BCUT2D eigenvalue weighted by atomic mass is 10.3. The molecule has 112 valence electrons. The first-order valence-corrected chi connectivity index (χ1v) is 7.59. The van der Waals surface area contributed by atoms with Crippen molar-refractivity contribution in [2.75, 3.05) is 23.3 Å². The maximum absolute atomic E-state index is 13.7. The minimum Gasteiger partial charge on any atom is -0.341 e. The summed E-state index contributed by atoms with van der Waals surface area (Å²) >= 11 is 9.20. The van der Waals surface area contributed by atoms with E-state index < -0.39 is 5.82 Å². The van der Waals surface area contributed by atoms with Gasteiger partial charge in [-0.1, -0.05) is 15.9 Å². The molecule has 0 saturated carbocycles. The zero-order valence-electron chi connectivity index (χ0n) is 11.6. The molecule has 0 aliphatic carbocycles. The number of halogens is 3. The van der Waals surface area contributed by atoms with Crippen LogP contribution in [0.1, 0.15) is 13.8 Å². The van der Waals surface area contributed by atoms with Crippen molar-refractivity contribution in [1.29, 1.82) is 0 Å². The molecule has 0 radical (unpaired) electrons. The lowest BCUT2D eigenvalue weighted by molar-refractivity contribution is 0.631. The second-order valence-electron chi connectivity index (χ2n) is 4.15. The molecule has 8 heteroatoms. The lowest BCUT2D eigenvalue weighted by Gasteiger charge is -2.18. The van der Waals surface area contributed by atoms with E-state index in [4.69, 9.17) is 11.6 Å². The molecule has 0 saturated heterocycles. The molecule has 1 aromatic heterocycles. The second kappa shape index (κ2) is 7.00. The highest BCUT2D eigenvalue weighted by molar-refractivity contribution is 9.10. The number of nitrogens with zero attached hydrogens (tertiary/aromatic N) is 4. The molecule has 0 aliphatic heterocycles. The highest BCUT2D eigenvalue weighted by atomic mass is 79.9. The van der Waals surface area contributed by atoms with Gasteiger partial charge in [0.25, 0.3) is 0 Å². The second-order valence-corrected chi connectivity index (χ2v) is 5.40. The fraction of sp³-hybridized carbons (Fsp3) is 0.308. The number of benzene rings is 1. The summed E-state index contributed by atoms with van der Waals surface area (Å²) < 4.78 is 14.5. The van der Waals surface area contributed by atoms with E-state index in [1.807, 2.05) is 18.7 Å². The Hall–Kier alpha value is -1.47. The molecule has 5 nitrogen and oxygen atoms in total. The summed E-state index contributed by atoms with van der Waals surface area (Å²) in [7, 11) is 0. The van der Waals surface area contributed by atoms with Gasteiger partial charge in [-0.05, 0) is 43.6 Å². The van der Waals surface area contributed by atoms with Crippen LogP contribution < -0.4 is 10.2 Å². The molecule has 1 N–H and O–H groups in total. The van der Waals surface area contributed by atoms with Crippen LogP contribution in [0.4, 0.5) is 22.0 Å². The zero-order chi connectivity index (χ0) is 15.4. The molecule has 0 amide bonds. The average molecular weight is 375 g/mol. The van der Waals surface area contributed by atoms with Gasteiger partial charge in [0.2, 0.25) is 17.2 Å². The molecule has 21 heavy (non-hydrogen) atoms. The SMILES string of the molecule is CCN(CC)c1nc(Cl)nc(Nc2cc(Br)ccc2F)n1. The monoisotopic (exact) mass is 373 g/mol. The first-order valence-electron chi connectivity index (χ1n) is 6.42. The van der Waals surface area contributed by atoms with Crippen LogP contribution in [0.3, 0.4) is 0 Å². The fourth-order valence-corrected chi connectivity index (χ4v) is 2.27. The quantitative estimate of drug-likeness (QED) is 0.857. The maximum atomic E-state index is 13.7. The van der Waals surface area contributed by atoms with Crippen molar-refractivity contribution in [3.8, 4) is 0 Å². The number of rotatable bonds is 5. The van der Waals surface area contributed by atoms with Gasteiger partial charge in [-0.3, -0.25) is 0 Å². The Labute approximate surface area is 135 Å². The molecule has 1 aromatic carbocycles. The number of hydrogen-bond donors (Lipinski definition) is 1. The molecule has 0 bridgehead atoms. The van der Waals surface area contributed by atoms with Crippen LogP contribution >= 0.6 is 27.5 Å². The molecule has 0 aliphatic rings. The average Bonchev–Trinajstić information content (AvgIpc) is 2.44. The highest BCUT2D eigenvalue weighted by Gasteiger charge is 2.11. The van der Waals surface area contributed by atoms with Crippen LogP contribution in [0.25, 0.3) is 0 Å². The van der Waals surface area contributed by atoms with Gasteiger partial charge in [0.15, 0.2) is 0 Å². The molecule has 0 atom stereocenters. The molecule has 2 rings (SSSR count). The Bertz CT molecular complexity index is 636. The fourth-order valence-electron chi connectivity index (χ4n) is 1.76. The van der Waals surface area contributed by atoms with Crippen molar-refractivity contribution in [3.05, 3.63) is 33.8 Å². The molecule has 0 spiro atoms. The van der Waals surface area contributed by atoms with Crippen molar-refractivity contribution in [2.24, 2.45) is 0 Å². The van der Waals surface area contributed by atoms with Crippen LogP contribution in [0.5, 0.6) is 0 Å². The minimum absolute atomic E-state index is 0.0600. The van der Waals surface area contributed by atoms with E-state index in [2.05, 4.69) is 36.2 Å². The van der Waals surface area contributed by atoms with Crippen LogP contribution in [0.2, 0.25) is 5.28 Å². The van der Waals surface area contributed by atoms with E-state index in [0.29, 0.717) is 5.95 Å². The largest absolute Gasteiger partial charge is 0.341 e. The lowest BCUT2D eigenvalue weighted by Crippen LogP contribution is -2.24. The third-order valence-corrected chi connectivity index (χ3v) is 3.48. The Kier molecular flexibility index (Phi) is 5.30. The summed E-state index contributed by atoms with van der Waals surface area (Å²) in [5, 5.41) is 2.88. The van der Waals surface area contributed by atoms with Gasteiger partial charge in [-0.2, -0.15) is 15.0 Å². The van der Waals surface area contributed by atoms with Gasteiger partial charge < -0.3 is 10.2 Å². The predicted octanol–water partition coefficient (Wildman–Crippen LogP) is 4.02. The number of nitrogens with one attached hydrogen (secondary N) is 1. The summed E-state index contributed by atoms with van der Waals surface area (Å²) in [5.41, 5.74) is 0.261. The van der Waals surface area contributed by atoms with Crippen LogP contribution in [0.15, 0.2) is 22.7 Å². The summed E-state index contributed by atoms with van der Waals surface area (Å²) in [6.07, 6.45) is 0. The Balaban J connectivity index is 2.34. The number of hydrogen-bond acceptors (Lipinski definition) is 5. The van der Waals surface area contributed by atoms with Gasteiger partial charge in [0.1, 0.15) is 5.82 Å². The van der Waals surface area contributed by atoms with E-state index in [9.17, 15) is 4.39 Å².